The molecule has 0 atom stereocenters. The van der Waals surface area contributed by atoms with E-state index >= 15 is 0 Å². The molecule has 1 aromatic carbocycles. The van der Waals surface area contributed by atoms with Crippen LogP contribution >= 0.6 is 0 Å². The van der Waals surface area contributed by atoms with Crippen molar-refractivity contribution in [3.8, 4) is 11.3 Å². The standard InChI is InChI=1S/C21H24N2O2/c24-20(23-12-4-8-21(16-23)9-13-25-14-10-21)18-7-11-22-19(15-18)17-5-2-1-3-6-17/h1-3,5-7,11,15H,4,8-10,12-14,16H2. The highest BCUT2D eigenvalue weighted by atomic mass is 16.5. The minimum atomic E-state index is 0.130. The van der Waals surface area contributed by atoms with Gasteiger partial charge in [0.1, 0.15) is 0 Å². The normalized spacial score (nSPS) is 19.8. The zero-order valence-corrected chi connectivity index (χ0v) is 14.5. The Morgan fingerprint density at radius 1 is 1.08 bits per heavy atom. The van der Waals surface area contributed by atoms with Crippen molar-refractivity contribution in [3.63, 3.8) is 0 Å². The van der Waals surface area contributed by atoms with Crippen LogP contribution in [0.1, 0.15) is 36.0 Å². The molecular formula is C21H24N2O2. The molecule has 0 bridgehead atoms. The fourth-order valence-corrected chi connectivity index (χ4v) is 4.11. The van der Waals surface area contributed by atoms with Crippen molar-refractivity contribution in [1.29, 1.82) is 0 Å². The van der Waals surface area contributed by atoms with Crippen molar-refractivity contribution < 1.29 is 9.53 Å². The molecule has 2 saturated heterocycles. The lowest BCUT2D eigenvalue weighted by Gasteiger charge is -2.45. The lowest BCUT2D eigenvalue weighted by molar-refractivity contribution is -0.0229. The van der Waals surface area contributed by atoms with E-state index in [4.69, 9.17) is 4.74 Å². The van der Waals surface area contributed by atoms with Crippen molar-refractivity contribution in [2.24, 2.45) is 5.41 Å². The monoisotopic (exact) mass is 336 g/mol. The first kappa shape index (κ1) is 16.3. The molecule has 1 amide bonds. The van der Waals surface area contributed by atoms with Crippen molar-refractivity contribution in [1.82, 2.24) is 9.88 Å². The van der Waals surface area contributed by atoms with Crippen molar-refractivity contribution in [2.75, 3.05) is 26.3 Å². The highest BCUT2D eigenvalue weighted by Gasteiger charge is 2.38. The maximum Gasteiger partial charge on any atom is 0.254 e. The number of rotatable bonds is 2. The molecule has 0 radical (unpaired) electrons. The topological polar surface area (TPSA) is 42.4 Å². The Bertz CT molecular complexity index is 733. The van der Waals surface area contributed by atoms with Gasteiger partial charge in [0.2, 0.25) is 0 Å². The first-order chi connectivity index (χ1) is 12.3. The second kappa shape index (κ2) is 6.96. The number of aromatic nitrogens is 1. The second-order valence-electron chi connectivity index (χ2n) is 7.24. The van der Waals surface area contributed by atoms with Gasteiger partial charge in [-0.15, -0.1) is 0 Å². The Morgan fingerprint density at radius 2 is 1.88 bits per heavy atom. The predicted octanol–water partition coefficient (Wildman–Crippen LogP) is 3.78. The van der Waals surface area contributed by atoms with Gasteiger partial charge in [-0.05, 0) is 43.2 Å². The summed E-state index contributed by atoms with van der Waals surface area (Å²) in [7, 11) is 0. The predicted molar refractivity (Wildman–Crippen MR) is 97.3 cm³/mol. The number of ether oxygens (including phenoxy) is 1. The molecule has 0 aliphatic carbocycles. The van der Waals surface area contributed by atoms with Gasteiger partial charge in [0.05, 0.1) is 5.69 Å². The molecule has 130 valence electrons. The Morgan fingerprint density at radius 3 is 2.68 bits per heavy atom. The van der Waals surface area contributed by atoms with Crippen LogP contribution in [-0.2, 0) is 4.74 Å². The molecule has 2 aliphatic rings. The van der Waals surface area contributed by atoms with Crippen molar-refractivity contribution >= 4 is 5.91 Å². The maximum absolute atomic E-state index is 13.1. The fourth-order valence-electron chi connectivity index (χ4n) is 4.11. The summed E-state index contributed by atoms with van der Waals surface area (Å²) < 4.78 is 5.53. The van der Waals surface area contributed by atoms with Gasteiger partial charge in [-0.2, -0.15) is 0 Å². The maximum atomic E-state index is 13.1. The summed E-state index contributed by atoms with van der Waals surface area (Å²) in [6, 6.07) is 13.8. The van der Waals surface area contributed by atoms with Gasteiger partial charge >= 0.3 is 0 Å². The van der Waals surface area contributed by atoms with Crippen LogP contribution in [0.15, 0.2) is 48.7 Å². The molecule has 25 heavy (non-hydrogen) atoms. The van der Waals surface area contributed by atoms with E-state index in [1.54, 1.807) is 6.20 Å². The second-order valence-corrected chi connectivity index (χ2v) is 7.24. The van der Waals surface area contributed by atoms with Crippen molar-refractivity contribution in [2.45, 2.75) is 25.7 Å². The molecule has 4 nitrogen and oxygen atoms in total. The van der Waals surface area contributed by atoms with E-state index in [-0.39, 0.29) is 11.3 Å². The van der Waals surface area contributed by atoms with E-state index < -0.39 is 0 Å². The van der Waals surface area contributed by atoms with Crippen LogP contribution in [0.25, 0.3) is 11.3 Å². The number of piperidine rings is 1. The minimum Gasteiger partial charge on any atom is -0.381 e. The number of likely N-dealkylation sites (tertiary alicyclic amines) is 1. The van der Waals surface area contributed by atoms with Gasteiger partial charge in [-0.3, -0.25) is 9.78 Å². The molecular weight excluding hydrogens is 312 g/mol. The smallest absolute Gasteiger partial charge is 0.254 e. The van der Waals surface area contributed by atoms with E-state index in [1.165, 1.54) is 6.42 Å². The zero-order valence-electron chi connectivity index (χ0n) is 14.5. The van der Waals surface area contributed by atoms with Crippen molar-refractivity contribution in [3.05, 3.63) is 54.2 Å². The number of hydrogen-bond acceptors (Lipinski definition) is 3. The molecule has 2 aromatic rings. The fraction of sp³-hybridized carbons (Fsp3) is 0.429. The number of carbonyl (C=O) groups is 1. The summed E-state index contributed by atoms with van der Waals surface area (Å²) in [5, 5.41) is 0. The number of carbonyl (C=O) groups excluding carboxylic acids is 1. The van der Waals surface area contributed by atoms with E-state index in [0.29, 0.717) is 0 Å². The highest BCUT2D eigenvalue weighted by molar-refractivity contribution is 5.95. The Kier molecular flexibility index (Phi) is 4.53. The summed E-state index contributed by atoms with van der Waals surface area (Å²) in [5.74, 6) is 0.130. The van der Waals surface area contributed by atoms with Gasteiger partial charge in [0.15, 0.2) is 0 Å². The third-order valence-electron chi connectivity index (χ3n) is 5.58. The lowest BCUT2D eigenvalue weighted by Crippen LogP contribution is -2.48. The van der Waals surface area contributed by atoms with Gasteiger partial charge in [-0.1, -0.05) is 30.3 Å². The Labute approximate surface area is 148 Å². The number of pyridine rings is 1. The molecule has 0 saturated carbocycles. The van der Waals surface area contributed by atoms with E-state index in [1.807, 2.05) is 47.4 Å². The summed E-state index contributed by atoms with van der Waals surface area (Å²) in [5.41, 5.74) is 2.89. The molecule has 1 spiro atoms. The Balaban J connectivity index is 1.54. The number of nitrogens with zero attached hydrogens (tertiary/aromatic N) is 2. The van der Waals surface area contributed by atoms with Gasteiger partial charge in [0.25, 0.3) is 5.91 Å². The highest BCUT2D eigenvalue weighted by Crippen LogP contribution is 2.39. The van der Waals surface area contributed by atoms with Crippen LogP contribution in [0, 0.1) is 5.41 Å². The quantitative estimate of drug-likeness (QED) is 0.838. The molecule has 1 aromatic heterocycles. The van der Waals surface area contributed by atoms with Gasteiger partial charge in [0, 0.05) is 43.6 Å². The molecule has 4 rings (SSSR count). The average Bonchev–Trinajstić information content (AvgIpc) is 2.69. The molecule has 0 N–H and O–H groups in total. The third kappa shape index (κ3) is 3.45. The average molecular weight is 336 g/mol. The summed E-state index contributed by atoms with van der Waals surface area (Å²) in [6.45, 7) is 3.37. The summed E-state index contributed by atoms with van der Waals surface area (Å²) >= 11 is 0. The van der Waals surface area contributed by atoms with Gasteiger partial charge < -0.3 is 9.64 Å². The summed E-state index contributed by atoms with van der Waals surface area (Å²) in [4.78, 5) is 19.5. The lowest BCUT2D eigenvalue weighted by atomic mass is 9.74. The minimum absolute atomic E-state index is 0.130. The summed E-state index contributed by atoms with van der Waals surface area (Å²) in [6.07, 6.45) is 6.18. The Hall–Kier alpha value is -2.20. The molecule has 3 heterocycles. The largest absolute Gasteiger partial charge is 0.381 e. The number of benzene rings is 1. The molecule has 4 heteroatoms. The number of hydrogen-bond donors (Lipinski definition) is 0. The van der Waals surface area contributed by atoms with Crippen LogP contribution in [0.4, 0.5) is 0 Å². The molecule has 2 fully saturated rings. The molecule has 2 aliphatic heterocycles. The SMILES string of the molecule is O=C(c1ccnc(-c2ccccc2)c1)N1CCCC2(CCOCC2)C1. The number of amides is 1. The van der Waals surface area contributed by atoms with Crippen LogP contribution in [-0.4, -0.2) is 42.1 Å². The third-order valence-corrected chi connectivity index (χ3v) is 5.58. The van der Waals surface area contributed by atoms with Gasteiger partial charge in [-0.25, -0.2) is 0 Å². The van der Waals surface area contributed by atoms with Crippen LogP contribution in [0.5, 0.6) is 0 Å². The van der Waals surface area contributed by atoms with Crippen LogP contribution in [0.2, 0.25) is 0 Å². The first-order valence-electron chi connectivity index (χ1n) is 9.14. The van der Waals surface area contributed by atoms with Crippen LogP contribution < -0.4 is 0 Å². The first-order valence-corrected chi connectivity index (χ1v) is 9.14. The van der Waals surface area contributed by atoms with E-state index in [2.05, 4.69) is 4.98 Å². The molecule has 0 unspecified atom stereocenters. The van der Waals surface area contributed by atoms with E-state index in [0.717, 1.165) is 62.4 Å². The van der Waals surface area contributed by atoms with E-state index in [9.17, 15) is 4.79 Å². The zero-order chi connectivity index (χ0) is 17.1. The van der Waals surface area contributed by atoms with Crippen LogP contribution in [0.3, 0.4) is 0 Å².